The number of hydrogen-bond donors (Lipinski definition) is 1. The van der Waals surface area contributed by atoms with E-state index >= 15 is 0 Å². The monoisotopic (exact) mass is 268 g/mol. The zero-order chi connectivity index (χ0) is 13.2. The molecule has 1 heterocycles. The number of nitrogens with zero attached hydrogens (tertiary/aromatic N) is 1. The van der Waals surface area contributed by atoms with Crippen LogP contribution in [-0.4, -0.2) is 20.7 Å². The smallest absolute Gasteiger partial charge is 0.263 e. The van der Waals surface area contributed by atoms with E-state index in [4.69, 9.17) is 4.74 Å². The van der Waals surface area contributed by atoms with Crippen molar-refractivity contribution >= 4 is 15.8 Å². The molecule has 2 aromatic rings. The van der Waals surface area contributed by atoms with Gasteiger partial charge in [0.2, 0.25) is 0 Å². The summed E-state index contributed by atoms with van der Waals surface area (Å²) in [5, 5.41) is 3.50. The molecule has 0 aliphatic rings. The third kappa shape index (κ3) is 2.45. The lowest BCUT2D eigenvalue weighted by Gasteiger charge is -2.09. The maximum absolute atomic E-state index is 12.1. The fourth-order valence-corrected chi connectivity index (χ4v) is 2.73. The van der Waals surface area contributed by atoms with Crippen molar-refractivity contribution in [3.63, 3.8) is 0 Å². The van der Waals surface area contributed by atoms with Crippen LogP contribution in [0.5, 0.6) is 5.75 Å². The second kappa shape index (κ2) is 4.69. The van der Waals surface area contributed by atoms with Gasteiger partial charge in [0, 0.05) is 6.07 Å². The quantitative estimate of drug-likeness (QED) is 0.914. The fourth-order valence-electron chi connectivity index (χ4n) is 1.51. The van der Waals surface area contributed by atoms with Crippen LogP contribution in [0.3, 0.4) is 0 Å². The molecular formula is C11H12N2O4S. The van der Waals surface area contributed by atoms with Crippen molar-refractivity contribution in [2.24, 2.45) is 0 Å². The van der Waals surface area contributed by atoms with Gasteiger partial charge in [0.25, 0.3) is 10.0 Å². The molecule has 7 heteroatoms. The third-order valence-corrected chi connectivity index (χ3v) is 3.86. The van der Waals surface area contributed by atoms with Crippen LogP contribution < -0.4 is 9.46 Å². The highest BCUT2D eigenvalue weighted by atomic mass is 32.2. The molecule has 0 aliphatic carbocycles. The van der Waals surface area contributed by atoms with E-state index in [1.165, 1.54) is 25.5 Å². The molecule has 96 valence electrons. The summed E-state index contributed by atoms with van der Waals surface area (Å²) in [5.41, 5.74) is 0.588. The van der Waals surface area contributed by atoms with E-state index in [-0.39, 0.29) is 10.7 Å². The van der Waals surface area contributed by atoms with Crippen LogP contribution >= 0.6 is 0 Å². The van der Waals surface area contributed by atoms with E-state index in [9.17, 15) is 8.42 Å². The van der Waals surface area contributed by atoms with Gasteiger partial charge in [0.15, 0.2) is 5.82 Å². The predicted molar refractivity (Wildman–Crippen MR) is 65.0 cm³/mol. The van der Waals surface area contributed by atoms with Gasteiger partial charge in [-0.05, 0) is 30.7 Å². The molecule has 0 amide bonds. The van der Waals surface area contributed by atoms with Crippen LogP contribution in [0.25, 0.3) is 0 Å². The van der Waals surface area contributed by atoms with E-state index in [1.54, 1.807) is 19.1 Å². The average Bonchev–Trinajstić information content (AvgIpc) is 2.80. The molecule has 1 N–H and O–H groups in total. The Hall–Kier alpha value is -2.02. The fraction of sp³-hybridized carbons (Fsp3) is 0.182. The Morgan fingerprint density at radius 2 is 2.11 bits per heavy atom. The minimum Gasteiger partial charge on any atom is -0.497 e. The first kappa shape index (κ1) is 12.4. The second-order valence-corrected chi connectivity index (χ2v) is 5.27. The first-order valence-electron chi connectivity index (χ1n) is 5.11. The Labute approximate surface area is 105 Å². The third-order valence-electron chi connectivity index (χ3n) is 2.35. The molecule has 0 radical (unpaired) electrons. The number of nitrogens with one attached hydrogen (secondary N) is 1. The van der Waals surface area contributed by atoms with Crippen LogP contribution in [-0.2, 0) is 10.0 Å². The van der Waals surface area contributed by atoms with Crippen molar-refractivity contribution in [2.75, 3.05) is 11.8 Å². The van der Waals surface area contributed by atoms with Gasteiger partial charge in [-0.1, -0.05) is 5.16 Å². The molecule has 0 atom stereocenters. The number of ether oxygens (including phenoxy) is 1. The van der Waals surface area contributed by atoms with Crippen LogP contribution in [0.4, 0.5) is 5.82 Å². The van der Waals surface area contributed by atoms with Crippen molar-refractivity contribution < 1.29 is 17.7 Å². The van der Waals surface area contributed by atoms with Gasteiger partial charge >= 0.3 is 0 Å². The molecule has 0 saturated heterocycles. The molecule has 0 spiro atoms. The predicted octanol–water partition coefficient (Wildman–Crippen LogP) is 1.79. The Balaban J connectivity index is 2.35. The van der Waals surface area contributed by atoms with Crippen LogP contribution in [0.15, 0.2) is 39.9 Å². The SMILES string of the molecule is COc1ccc(S(=O)(=O)Nc2ccon2)c(C)c1. The Morgan fingerprint density at radius 1 is 1.33 bits per heavy atom. The summed E-state index contributed by atoms with van der Waals surface area (Å²) in [4.78, 5) is 0.173. The van der Waals surface area contributed by atoms with Gasteiger partial charge in [0.1, 0.15) is 12.0 Å². The van der Waals surface area contributed by atoms with Crippen LogP contribution in [0, 0.1) is 6.92 Å². The van der Waals surface area contributed by atoms with Crippen molar-refractivity contribution in [1.82, 2.24) is 5.16 Å². The Bertz CT molecular complexity index is 635. The number of benzene rings is 1. The van der Waals surface area contributed by atoms with Gasteiger partial charge in [-0.15, -0.1) is 0 Å². The summed E-state index contributed by atoms with van der Waals surface area (Å²) in [6.07, 6.45) is 1.29. The molecule has 1 aromatic heterocycles. The van der Waals surface area contributed by atoms with Crippen molar-refractivity contribution in [2.45, 2.75) is 11.8 Å². The first-order valence-corrected chi connectivity index (χ1v) is 6.59. The molecule has 0 unspecified atom stereocenters. The molecule has 0 saturated carbocycles. The Kier molecular flexibility index (Phi) is 3.24. The number of sulfonamides is 1. The number of hydrogen-bond acceptors (Lipinski definition) is 5. The normalized spacial score (nSPS) is 11.2. The average molecular weight is 268 g/mol. The number of aryl methyl sites for hydroxylation is 1. The number of methoxy groups -OCH3 is 1. The lowest BCUT2D eigenvalue weighted by molar-refractivity contribution is 0.414. The zero-order valence-electron chi connectivity index (χ0n) is 9.88. The summed E-state index contributed by atoms with van der Waals surface area (Å²) in [6, 6.07) is 6.15. The summed E-state index contributed by atoms with van der Waals surface area (Å²) in [7, 11) is -2.14. The summed E-state index contributed by atoms with van der Waals surface area (Å²) in [6.45, 7) is 1.69. The van der Waals surface area contributed by atoms with E-state index in [2.05, 4.69) is 14.4 Å². The Morgan fingerprint density at radius 3 is 2.67 bits per heavy atom. The molecule has 1 aromatic carbocycles. The highest BCUT2D eigenvalue weighted by molar-refractivity contribution is 7.92. The molecular weight excluding hydrogens is 256 g/mol. The van der Waals surface area contributed by atoms with Gasteiger partial charge in [-0.2, -0.15) is 0 Å². The summed E-state index contributed by atoms with van der Waals surface area (Å²) in [5.74, 6) is 0.748. The standard InChI is InChI=1S/C11H12N2O4S/c1-8-7-9(16-2)3-4-10(8)18(14,15)13-11-5-6-17-12-11/h3-7H,1-2H3,(H,12,13). The topological polar surface area (TPSA) is 81.4 Å². The van der Waals surface area contributed by atoms with E-state index < -0.39 is 10.0 Å². The highest BCUT2D eigenvalue weighted by Gasteiger charge is 2.18. The minimum atomic E-state index is -3.67. The van der Waals surface area contributed by atoms with E-state index in [0.29, 0.717) is 11.3 Å². The van der Waals surface area contributed by atoms with Gasteiger partial charge in [-0.25, -0.2) is 8.42 Å². The maximum atomic E-state index is 12.1. The second-order valence-electron chi connectivity index (χ2n) is 3.62. The van der Waals surface area contributed by atoms with Crippen molar-refractivity contribution in [3.05, 3.63) is 36.1 Å². The van der Waals surface area contributed by atoms with Crippen molar-refractivity contribution in [1.29, 1.82) is 0 Å². The summed E-state index contributed by atoms with van der Waals surface area (Å²) >= 11 is 0. The van der Waals surface area contributed by atoms with Crippen LogP contribution in [0.1, 0.15) is 5.56 Å². The number of anilines is 1. The van der Waals surface area contributed by atoms with E-state index in [0.717, 1.165) is 0 Å². The van der Waals surface area contributed by atoms with Gasteiger partial charge in [-0.3, -0.25) is 4.72 Å². The molecule has 2 rings (SSSR count). The lowest BCUT2D eigenvalue weighted by atomic mass is 10.2. The number of aromatic nitrogens is 1. The zero-order valence-corrected chi connectivity index (χ0v) is 10.7. The minimum absolute atomic E-state index is 0.144. The summed E-state index contributed by atoms with van der Waals surface area (Å²) < 4.78 is 36.1. The van der Waals surface area contributed by atoms with Gasteiger partial charge < -0.3 is 9.26 Å². The van der Waals surface area contributed by atoms with E-state index in [1.807, 2.05) is 0 Å². The highest BCUT2D eigenvalue weighted by Crippen LogP contribution is 2.22. The maximum Gasteiger partial charge on any atom is 0.263 e. The first-order chi connectivity index (χ1) is 8.53. The molecule has 0 bridgehead atoms. The largest absolute Gasteiger partial charge is 0.497 e. The molecule has 0 fully saturated rings. The number of rotatable bonds is 4. The lowest BCUT2D eigenvalue weighted by Crippen LogP contribution is -2.14. The van der Waals surface area contributed by atoms with Crippen molar-refractivity contribution in [3.8, 4) is 5.75 Å². The molecule has 0 aliphatic heterocycles. The molecule has 18 heavy (non-hydrogen) atoms. The molecule has 6 nitrogen and oxygen atoms in total. The van der Waals surface area contributed by atoms with Gasteiger partial charge in [0.05, 0.1) is 12.0 Å². The van der Waals surface area contributed by atoms with Crippen LogP contribution in [0.2, 0.25) is 0 Å².